The molecule has 0 saturated carbocycles. The summed E-state index contributed by atoms with van der Waals surface area (Å²) in [7, 11) is 1.66. The topological polar surface area (TPSA) is 79.9 Å². The first-order valence-electron chi connectivity index (χ1n) is 8.39. The third-order valence-electron chi connectivity index (χ3n) is 3.86. The molecule has 27 heavy (non-hydrogen) atoms. The quantitative estimate of drug-likeness (QED) is 0.773. The standard InChI is InChI=1S/C19H20FN3O4/c1-23(11-19(25)22-15-4-2-3-14(20)8-15)10-18(24)21-9-13-5-6-16-17(7-13)27-12-26-16/h2-8H,9-12H2,1H3,(H,21,24)(H,22,25). The highest BCUT2D eigenvalue weighted by Crippen LogP contribution is 2.32. The van der Waals surface area contributed by atoms with Crippen LogP contribution in [0.2, 0.25) is 0 Å². The molecule has 2 aromatic rings. The van der Waals surface area contributed by atoms with Crippen molar-refractivity contribution in [3.63, 3.8) is 0 Å². The molecule has 2 N–H and O–H groups in total. The zero-order valence-electron chi connectivity index (χ0n) is 14.8. The minimum Gasteiger partial charge on any atom is -0.454 e. The highest BCUT2D eigenvalue weighted by atomic mass is 19.1. The van der Waals surface area contributed by atoms with Gasteiger partial charge in [-0.25, -0.2) is 4.39 Å². The molecule has 3 rings (SSSR count). The van der Waals surface area contributed by atoms with Crippen molar-refractivity contribution in [2.24, 2.45) is 0 Å². The lowest BCUT2D eigenvalue weighted by atomic mass is 10.2. The summed E-state index contributed by atoms with van der Waals surface area (Å²) in [5.41, 5.74) is 1.26. The van der Waals surface area contributed by atoms with Crippen molar-refractivity contribution in [2.45, 2.75) is 6.54 Å². The van der Waals surface area contributed by atoms with E-state index in [4.69, 9.17) is 9.47 Å². The number of carbonyl (C=O) groups excluding carboxylic acids is 2. The number of rotatable bonds is 7. The molecule has 7 nitrogen and oxygen atoms in total. The number of carbonyl (C=O) groups is 2. The third kappa shape index (κ3) is 5.42. The Morgan fingerprint density at radius 3 is 2.67 bits per heavy atom. The summed E-state index contributed by atoms with van der Waals surface area (Å²) < 4.78 is 23.7. The number of amides is 2. The third-order valence-corrected chi connectivity index (χ3v) is 3.86. The van der Waals surface area contributed by atoms with Gasteiger partial charge in [0.25, 0.3) is 0 Å². The number of anilines is 1. The lowest BCUT2D eigenvalue weighted by molar-refractivity contribution is -0.123. The van der Waals surface area contributed by atoms with Gasteiger partial charge in [0.15, 0.2) is 11.5 Å². The van der Waals surface area contributed by atoms with Gasteiger partial charge in [0.2, 0.25) is 18.6 Å². The van der Waals surface area contributed by atoms with E-state index < -0.39 is 5.82 Å². The molecular formula is C19H20FN3O4. The van der Waals surface area contributed by atoms with Crippen molar-refractivity contribution >= 4 is 17.5 Å². The molecule has 1 aliphatic heterocycles. The fourth-order valence-corrected chi connectivity index (χ4v) is 2.62. The maximum atomic E-state index is 13.1. The summed E-state index contributed by atoms with van der Waals surface area (Å²) >= 11 is 0. The van der Waals surface area contributed by atoms with Gasteiger partial charge in [-0.3, -0.25) is 14.5 Å². The summed E-state index contributed by atoms with van der Waals surface area (Å²) in [6.45, 7) is 0.613. The van der Waals surface area contributed by atoms with Crippen molar-refractivity contribution in [1.82, 2.24) is 10.2 Å². The number of hydrogen-bond donors (Lipinski definition) is 2. The first-order chi connectivity index (χ1) is 13.0. The van der Waals surface area contributed by atoms with Gasteiger partial charge >= 0.3 is 0 Å². The van der Waals surface area contributed by atoms with E-state index in [0.717, 1.165) is 5.56 Å². The largest absolute Gasteiger partial charge is 0.454 e. The van der Waals surface area contributed by atoms with Crippen LogP contribution in [0, 0.1) is 5.82 Å². The second-order valence-corrected chi connectivity index (χ2v) is 6.20. The van der Waals surface area contributed by atoms with Crippen molar-refractivity contribution in [2.75, 3.05) is 32.2 Å². The Bertz CT molecular complexity index is 843. The smallest absolute Gasteiger partial charge is 0.238 e. The first-order valence-corrected chi connectivity index (χ1v) is 8.39. The molecule has 0 unspecified atom stereocenters. The van der Waals surface area contributed by atoms with Gasteiger partial charge in [0, 0.05) is 12.2 Å². The maximum absolute atomic E-state index is 13.1. The zero-order chi connectivity index (χ0) is 19.2. The Kier molecular flexibility index (Phi) is 5.87. The van der Waals surface area contributed by atoms with Crippen LogP contribution in [0.15, 0.2) is 42.5 Å². The number of nitrogens with one attached hydrogen (secondary N) is 2. The van der Waals surface area contributed by atoms with E-state index in [-0.39, 0.29) is 31.7 Å². The van der Waals surface area contributed by atoms with Crippen molar-refractivity contribution in [3.05, 3.63) is 53.8 Å². The van der Waals surface area contributed by atoms with Crippen molar-refractivity contribution in [3.8, 4) is 11.5 Å². The molecule has 0 aliphatic carbocycles. The summed E-state index contributed by atoms with van der Waals surface area (Å²) in [5.74, 6) is 0.381. The predicted molar refractivity (Wildman–Crippen MR) is 96.9 cm³/mol. The van der Waals surface area contributed by atoms with Crippen LogP contribution in [-0.2, 0) is 16.1 Å². The molecule has 0 radical (unpaired) electrons. The van der Waals surface area contributed by atoms with Crippen LogP contribution in [0.5, 0.6) is 11.5 Å². The Morgan fingerprint density at radius 1 is 1.07 bits per heavy atom. The Balaban J connectivity index is 1.41. The lowest BCUT2D eigenvalue weighted by Crippen LogP contribution is -2.38. The van der Waals surface area contributed by atoms with Gasteiger partial charge < -0.3 is 20.1 Å². The number of fused-ring (bicyclic) bond motifs is 1. The van der Waals surface area contributed by atoms with Gasteiger partial charge in [0.1, 0.15) is 5.82 Å². The highest BCUT2D eigenvalue weighted by molar-refractivity contribution is 5.92. The summed E-state index contributed by atoms with van der Waals surface area (Å²) in [4.78, 5) is 25.6. The molecule has 0 atom stereocenters. The van der Waals surface area contributed by atoms with E-state index in [0.29, 0.717) is 23.7 Å². The molecular weight excluding hydrogens is 353 g/mol. The molecule has 0 spiro atoms. The molecule has 0 fully saturated rings. The van der Waals surface area contributed by atoms with Crippen LogP contribution in [0.1, 0.15) is 5.56 Å². The van der Waals surface area contributed by atoms with Crippen LogP contribution >= 0.6 is 0 Å². The molecule has 8 heteroatoms. The zero-order valence-corrected chi connectivity index (χ0v) is 14.8. The average Bonchev–Trinajstić information content (AvgIpc) is 3.07. The number of benzene rings is 2. The molecule has 0 bridgehead atoms. The number of hydrogen-bond acceptors (Lipinski definition) is 5. The SMILES string of the molecule is CN(CC(=O)NCc1ccc2c(c1)OCO2)CC(=O)Nc1cccc(F)c1. The van der Waals surface area contributed by atoms with Crippen LogP contribution in [0.25, 0.3) is 0 Å². The fraction of sp³-hybridized carbons (Fsp3) is 0.263. The number of ether oxygens (including phenoxy) is 2. The molecule has 142 valence electrons. The summed E-state index contributed by atoms with van der Waals surface area (Å²) in [5, 5.41) is 5.38. The van der Waals surface area contributed by atoms with E-state index in [2.05, 4.69) is 10.6 Å². The van der Waals surface area contributed by atoms with E-state index >= 15 is 0 Å². The van der Waals surface area contributed by atoms with Gasteiger partial charge in [-0.2, -0.15) is 0 Å². The summed E-state index contributed by atoms with van der Waals surface area (Å²) in [6, 6.07) is 11.1. The molecule has 2 aromatic carbocycles. The second-order valence-electron chi connectivity index (χ2n) is 6.20. The molecule has 0 saturated heterocycles. The fourth-order valence-electron chi connectivity index (χ4n) is 2.62. The Labute approximate surface area is 156 Å². The van der Waals surface area contributed by atoms with Crippen LogP contribution in [0.4, 0.5) is 10.1 Å². The van der Waals surface area contributed by atoms with Crippen molar-refractivity contribution < 1.29 is 23.5 Å². The molecule has 1 aliphatic rings. The van der Waals surface area contributed by atoms with Gasteiger partial charge in [-0.05, 0) is 42.9 Å². The van der Waals surface area contributed by atoms with Crippen LogP contribution in [-0.4, -0.2) is 43.6 Å². The Morgan fingerprint density at radius 2 is 1.85 bits per heavy atom. The molecule has 2 amide bonds. The van der Waals surface area contributed by atoms with Gasteiger partial charge in [-0.15, -0.1) is 0 Å². The average molecular weight is 373 g/mol. The number of likely N-dealkylation sites (N-methyl/N-ethyl adjacent to an activating group) is 1. The minimum atomic E-state index is -0.427. The van der Waals surface area contributed by atoms with Gasteiger partial charge in [-0.1, -0.05) is 12.1 Å². The van der Waals surface area contributed by atoms with Crippen LogP contribution < -0.4 is 20.1 Å². The maximum Gasteiger partial charge on any atom is 0.238 e. The molecule has 1 heterocycles. The Hall–Kier alpha value is -3.13. The predicted octanol–water partition coefficient (Wildman–Crippen LogP) is 1.74. The van der Waals surface area contributed by atoms with Crippen LogP contribution in [0.3, 0.4) is 0 Å². The van der Waals surface area contributed by atoms with E-state index in [1.165, 1.54) is 18.2 Å². The summed E-state index contributed by atoms with van der Waals surface area (Å²) in [6.07, 6.45) is 0. The van der Waals surface area contributed by atoms with E-state index in [1.807, 2.05) is 12.1 Å². The number of nitrogens with zero attached hydrogens (tertiary/aromatic N) is 1. The monoisotopic (exact) mass is 373 g/mol. The lowest BCUT2D eigenvalue weighted by Gasteiger charge is -2.16. The van der Waals surface area contributed by atoms with E-state index in [1.54, 1.807) is 24.1 Å². The normalized spacial score (nSPS) is 12.1. The number of halogens is 1. The highest BCUT2D eigenvalue weighted by Gasteiger charge is 2.14. The minimum absolute atomic E-state index is 0.00789. The van der Waals surface area contributed by atoms with Crippen molar-refractivity contribution in [1.29, 1.82) is 0 Å². The molecule has 0 aromatic heterocycles. The van der Waals surface area contributed by atoms with E-state index in [9.17, 15) is 14.0 Å². The van der Waals surface area contributed by atoms with Gasteiger partial charge in [0.05, 0.1) is 13.1 Å². The first kappa shape index (κ1) is 18.7. The second kappa shape index (κ2) is 8.50.